The number of benzene rings is 2. The Balaban J connectivity index is 1.81. The first-order chi connectivity index (χ1) is 12.4. The van der Waals surface area contributed by atoms with E-state index in [0.717, 1.165) is 0 Å². The largest absolute Gasteiger partial charge is 0.495 e. The molecule has 0 aliphatic carbocycles. The Kier molecular flexibility index (Phi) is 5.01. The number of amides is 1. The van der Waals surface area contributed by atoms with Crippen molar-refractivity contribution in [1.29, 1.82) is 0 Å². The molecule has 0 saturated heterocycles. The number of anilines is 1. The van der Waals surface area contributed by atoms with E-state index in [1.165, 1.54) is 37.4 Å². The van der Waals surface area contributed by atoms with Crippen molar-refractivity contribution in [2.75, 3.05) is 12.4 Å². The number of carbonyl (C=O) groups is 1. The second-order valence-electron chi connectivity index (χ2n) is 5.24. The first kappa shape index (κ1) is 18.0. The lowest BCUT2D eigenvalue weighted by molar-refractivity contribution is 0.0991. The number of hydrogen-bond donors (Lipinski definition) is 1. The van der Waals surface area contributed by atoms with Crippen LogP contribution in [0.5, 0.6) is 5.75 Å². The molecule has 3 rings (SSSR count). The molecule has 0 saturated carbocycles. The summed E-state index contributed by atoms with van der Waals surface area (Å²) in [4.78, 5) is 12.4. The summed E-state index contributed by atoms with van der Waals surface area (Å²) >= 11 is 6.01. The normalized spacial score (nSPS) is 11.2. The summed E-state index contributed by atoms with van der Waals surface area (Å²) in [6.45, 7) is 0. The maximum atomic E-state index is 12.5. The van der Waals surface area contributed by atoms with Crippen molar-refractivity contribution in [3.63, 3.8) is 0 Å². The molecule has 1 N–H and O–H groups in total. The van der Waals surface area contributed by atoms with Gasteiger partial charge in [0.05, 0.1) is 17.0 Å². The van der Waals surface area contributed by atoms with Crippen LogP contribution in [0.15, 0.2) is 75.1 Å². The van der Waals surface area contributed by atoms with Gasteiger partial charge in [0, 0.05) is 5.69 Å². The van der Waals surface area contributed by atoms with Crippen LogP contribution >= 0.6 is 11.6 Å². The SMILES string of the molecule is COc1ccc(NC(=O)c2ccc(S(=O)(=O)c3ccccc3)o2)cc1Cl. The fourth-order valence-electron chi connectivity index (χ4n) is 2.24. The molecular formula is C18H14ClNO5S. The van der Waals surface area contributed by atoms with Crippen molar-refractivity contribution < 1.29 is 22.4 Å². The highest BCUT2D eigenvalue weighted by molar-refractivity contribution is 7.91. The summed E-state index contributed by atoms with van der Waals surface area (Å²) in [7, 11) is -2.34. The Labute approximate surface area is 155 Å². The molecule has 2 aromatic carbocycles. The molecule has 1 amide bonds. The zero-order valence-electron chi connectivity index (χ0n) is 13.6. The minimum absolute atomic E-state index is 0.0863. The summed E-state index contributed by atoms with van der Waals surface area (Å²) in [5, 5.41) is 2.61. The van der Waals surface area contributed by atoms with E-state index in [-0.39, 0.29) is 15.7 Å². The number of methoxy groups -OCH3 is 1. The molecule has 3 aromatic rings. The molecule has 1 heterocycles. The van der Waals surface area contributed by atoms with Crippen LogP contribution in [-0.4, -0.2) is 21.4 Å². The topological polar surface area (TPSA) is 85.6 Å². The summed E-state index contributed by atoms with van der Waals surface area (Å²) in [6.07, 6.45) is 0. The van der Waals surface area contributed by atoms with Gasteiger partial charge < -0.3 is 14.5 Å². The molecule has 0 bridgehead atoms. The lowest BCUT2D eigenvalue weighted by Gasteiger charge is -2.07. The van der Waals surface area contributed by atoms with E-state index >= 15 is 0 Å². The monoisotopic (exact) mass is 391 g/mol. The van der Waals surface area contributed by atoms with Crippen molar-refractivity contribution in [3.8, 4) is 5.75 Å². The standard InChI is InChI=1S/C18H14ClNO5S/c1-24-15-8-7-12(11-14(15)19)20-18(21)16-9-10-17(25-16)26(22,23)13-5-3-2-4-6-13/h2-11H,1H3,(H,20,21). The zero-order valence-corrected chi connectivity index (χ0v) is 15.2. The van der Waals surface area contributed by atoms with E-state index in [2.05, 4.69) is 5.32 Å². The third-order valence-corrected chi connectivity index (χ3v) is 5.47. The van der Waals surface area contributed by atoms with Crippen LogP contribution in [0.3, 0.4) is 0 Å². The highest BCUT2D eigenvalue weighted by Gasteiger charge is 2.23. The summed E-state index contributed by atoms with van der Waals surface area (Å²) in [5.41, 5.74) is 0.421. The van der Waals surface area contributed by atoms with E-state index < -0.39 is 15.7 Å². The Bertz CT molecular complexity index is 1040. The van der Waals surface area contributed by atoms with Gasteiger partial charge in [-0.1, -0.05) is 29.8 Å². The van der Waals surface area contributed by atoms with Gasteiger partial charge in [-0.05, 0) is 42.5 Å². The highest BCUT2D eigenvalue weighted by Crippen LogP contribution is 2.28. The Morgan fingerprint density at radius 1 is 1.08 bits per heavy atom. The van der Waals surface area contributed by atoms with Crippen molar-refractivity contribution >= 4 is 33.0 Å². The molecule has 0 unspecified atom stereocenters. The number of sulfone groups is 1. The number of halogens is 1. The Morgan fingerprint density at radius 2 is 1.81 bits per heavy atom. The smallest absolute Gasteiger partial charge is 0.291 e. The van der Waals surface area contributed by atoms with Gasteiger partial charge in [-0.15, -0.1) is 0 Å². The second-order valence-corrected chi connectivity index (χ2v) is 7.53. The fourth-order valence-corrected chi connectivity index (χ4v) is 3.69. The number of ether oxygens (including phenoxy) is 1. The van der Waals surface area contributed by atoms with Crippen LogP contribution in [0.4, 0.5) is 5.69 Å². The zero-order chi connectivity index (χ0) is 18.7. The molecule has 0 radical (unpaired) electrons. The maximum Gasteiger partial charge on any atom is 0.291 e. The van der Waals surface area contributed by atoms with Crippen LogP contribution in [0.2, 0.25) is 5.02 Å². The van der Waals surface area contributed by atoms with Crippen molar-refractivity contribution in [3.05, 3.63) is 71.4 Å². The van der Waals surface area contributed by atoms with Crippen molar-refractivity contribution in [2.24, 2.45) is 0 Å². The molecule has 0 fully saturated rings. The van der Waals surface area contributed by atoms with E-state index in [9.17, 15) is 13.2 Å². The first-order valence-corrected chi connectivity index (χ1v) is 9.33. The van der Waals surface area contributed by atoms with Gasteiger partial charge in [0.2, 0.25) is 14.9 Å². The minimum atomic E-state index is -3.82. The Hall–Kier alpha value is -2.77. The lowest BCUT2D eigenvalue weighted by Crippen LogP contribution is -2.11. The molecule has 0 aliphatic heterocycles. The number of hydrogen-bond acceptors (Lipinski definition) is 5. The highest BCUT2D eigenvalue weighted by atomic mass is 35.5. The van der Waals surface area contributed by atoms with Crippen LogP contribution in [0.25, 0.3) is 0 Å². The van der Waals surface area contributed by atoms with Gasteiger partial charge in [0.15, 0.2) is 5.76 Å². The van der Waals surface area contributed by atoms with Crippen LogP contribution in [0, 0.1) is 0 Å². The molecule has 6 nitrogen and oxygen atoms in total. The van der Waals surface area contributed by atoms with Gasteiger partial charge in [-0.25, -0.2) is 8.42 Å². The van der Waals surface area contributed by atoms with Gasteiger partial charge in [0.25, 0.3) is 5.91 Å². The van der Waals surface area contributed by atoms with Crippen LogP contribution in [0.1, 0.15) is 10.6 Å². The molecule has 0 atom stereocenters. The average molecular weight is 392 g/mol. The molecule has 0 aliphatic rings. The van der Waals surface area contributed by atoms with E-state index in [1.54, 1.807) is 30.3 Å². The summed E-state index contributed by atoms with van der Waals surface area (Å²) in [5.74, 6) is -0.258. The van der Waals surface area contributed by atoms with Gasteiger partial charge in [-0.3, -0.25) is 4.79 Å². The quantitative estimate of drug-likeness (QED) is 0.709. The number of furan rings is 1. The summed E-state index contributed by atoms with van der Waals surface area (Å²) in [6, 6.07) is 15.1. The minimum Gasteiger partial charge on any atom is -0.495 e. The predicted molar refractivity (Wildman–Crippen MR) is 96.6 cm³/mol. The summed E-state index contributed by atoms with van der Waals surface area (Å²) < 4.78 is 35.3. The van der Waals surface area contributed by atoms with Crippen LogP contribution < -0.4 is 10.1 Å². The van der Waals surface area contributed by atoms with Gasteiger partial charge >= 0.3 is 0 Å². The first-order valence-electron chi connectivity index (χ1n) is 7.46. The van der Waals surface area contributed by atoms with E-state index in [1.807, 2.05) is 0 Å². The number of rotatable bonds is 5. The van der Waals surface area contributed by atoms with E-state index in [4.69, 9.17) is 20.8 Å². The fraction of sp³-hybridized carbons (Fsp3) is 0.0556. The van der Waals surface area contributed by atoms with Crippen molar-refractivity contribution in [1.82, 2.24) is 0 Å². The lowest BCUT2D eigenvalue weighted by atomic mass is 10.3. The molecule has 8 heteroatoms. The number of carbonyl (C=O) groups excluding carboxylic acids is 1. The van der Waals surface area contributed by atoms with Crippen LogP contribution in [-0.2, 0) is 9.84 Å². The molecular weight excluding hydrogens is 378 g/mol. The Morgan fingerprint density at radius 3 is 2.46 bits per heavy atom. The molecule has 134 valence electrons. The van der Waals surface area contributed by atoms with Gasteiger partial charge in [0.1, 0.15) is 5.75 Å². The maximum absolute atomic E-state index is 12.5. The third kappa shape index (κ3) is 3.58. The second kappa shape index (κ2) is 7.23. The predicted octanol–water partition coefficient (Wildman–Crippen LogP) is 4.03. The van der Waals surface area contributed by atoms with E-state index in [0.29, 0.717) is 16.5 Å². The average Bonchev–Trinajstić information content (AvgIpc) is 3.14. The van der Waals surface area contributed by atoms with Crippen molar-refractivity contribution in [2.45, 2.75) is 9.99 Å². The molecule has 0 spiro atoms. The molecule has 26 heavy (non-hydrogen) atoms. The third-order valence-electron chi connectivity index (χ3n) is 3.53. The van der Waals surface area contributed by atoms with Gasteiger partial charge in [-0.2, -0.15) is 0 Å². The molecule has 1 aromatic heterocycles. The number of nitrogens with one attached hydrogen (secondary N) is 1.